The van der Waals surface area contributed by atoms with Gasteiger partial charge in [0.1, 0.15) is 17.6 Å². The zero-order valence-electron chi connectivity index (χ0n) is 16.3. The third-order valence-corrected chi connectivity index (χ3v) is 6.48. The molecule has 0 fully saturated rings. The molecule has 152 valence electrons. The summed E-state index contributed by atoms with van der Waals surface area (Å²) in [5, 5.41) is 11.8. The minimum absolute atomic E-state index is 0.0379. The molecule has 6 nitrogen and oxygen atoms in total. The standard InChI is InChI=1S/C22H20FN5OS/c1-28-13-20-17(8-10-19(27-30(20)25)14-5-3-2-4-6-14)21(28)22(29)26-16-7-9-18(23)15(11-16)12-24/h2-7,9,11,13,19H,8,10H2,1H3,(H2,25,27)(H,26,29). The Balaban J connectivity index is 1.62. The molecule has 4 rings (SSSR count). The molecule has 0 aliphatic carbocycles. The Kier molecular flexibility index (Phi) is 5.48. The second-order valence-electron chi connectivity index (χ2n) is 7.12. The summed E-state index contributed by atoms with van der Waals surface area (Å²) in [6, 6.07) is 15.7. The Labute approximate surface area is 176 Å². The zero-order chi connectivity index (χ0) is 21.3. The van der Waals surface area contributed by atoms with Gasteiger partial charge in [-0.15, -0.1) is 0 Å². The van der Waals surface area contributed by atoms with Gasteiger partial charge in [-0.1, -0.05) is 30.3 Å². The molecular weight excluding hydrogens is 401 g/mol. The van der Waals surface area contributed by atoms with Crippen molar-refractivity contribution in [1.82, 2.24) is 9.29 Å². The number of carbonyl (C=O) groups is 1. The molecular formula is C22H20FN5OS. The van der Waals surface area contributed by atoms with E-state index in [-0.39, 0.29) is 17.5 Å². The van der Waals surface area contributed by atoms with E-state index in [4.69, 9.17) is 10.0 Å². The predicted molar refractivity (Wildman–Crippen MR) is 113 cm³/mol. The number of aromatic nitrogens is 1. The fraction of sp³-hybridized carbons (Fsp3) is 0.182. The maximum atomic E-state index is 13.6. The number of carbonyl (C=O) groups excluding carboxylic acids is 1. The molecule has 30 heavy (non-hydrogen) atoms. The number of benzene rings is 2. The predicted octanol–water partition coefficient (Wildman–Crippen LogP) is 4.22. The van der Waals surface area contributed by atoms with E-state index in [1.165, 1.54) is 12.1 Å². The van der Waals surface area contributed by atoms with Crippen molar-refractivity contribution in [3.05, 3.63) is 82.9 Å². The number of nitriles is 1. The summed E-state index contributed by atoms with van der Waals surface area (Å²) in [6.45, 7) is 0. The van der Waals surface area contributed by atoms with E-state index >= 15 is 0 Å². The fourth-order valence-corrected chi connectivity index (χ4v) is 5.09. The molecule has 0 bridgehead atoms. The van der Waals surface area contributed by atoms with Crippen LogP contribution in [0.4, 0.5) is 10.1 Å². The topological polar surface area (TPSA) is 93.7 Å². The average molecular weight is 422 g/mol. The summed E-state index contributed by atoms with van der Waals surface area (Å²) in [5.74, 6) is -0.969. The van der Waals surface area contributed by atoms with Crippen molar-refractivity contribution < 1.29 is 9.18 Å². The van der Waals surface area contributed by atoms with E-state index in [1.54, 1.807) is 17.7 Å². The number of halogens is 1. The van der Waals surface area contributed by atoms with Gasteiger partial charge in [0.2, 0.25) is 0 Å². The fourth-order valence-electron chi connectivity index (χ4n) is 3.72. The van der Waals surface area contributed by atoms with Gasteiger partial charge in [-0.2, -0.15) is 5.26 Å². The number of rotatable bonds is 3. The van der Waals surface area contributed by atoms with Crippen LogP contribution < -0.4 is 10.0 Å². The van der Waals surface area contributed by atoms with Gasteiger partial charge in [-0.3, -0.25) is 9.57 Å². The quantitative estimate of drug-likeness (QED) is 0.591. The van der Waals surface area contributed by atoms with Gasteiger partial charge in [-0.05, 0) is 53.0 Å². The van der Waals surface area contributed by atoms with Crippen molar-refractivity contribution >= 4 is 22.5 Å². The minimum Gasteiger partial charge on any atom is -0.345 e. The maximum absolute atomic E-state index is 13.6. The molecule has 3 N–H and O–H groups in total. The number of hydrogen-bond donors (Lipinski definition) is 3. The van der Waals surface area contributed by atoms with Gasteiger partial charge in [0.05, 0.1) is 10.5 Å². The van der Waals surface area contributed by atoms with Crippen LogP contribution in [0.1, 0.15) is 39.6 Å². The van der Waals surface area contributed by atoms with E-state index in [0.717, 1.165) is 28.5 Å². The van der Waals surface area contributed by atoms with Crippen LogP contribution in [0.2, 0.25) is 0 Å². The second kappa shape index (κ2) is 8.22. The summed E-state index contributed by atoms with van der Waals surface area (Å²) in [6.07, 6.45) is 3.24. The lowest BCUT2D eigenvalue weighted by Crippen LogP contribution is -2.21. The lowest BCUT2D eigenvalue weighted by Gasteiger charge is -2.17. The first-order valence-electron chi connectivity index (χ1n) is 9.43. The molecule has 1 aliphatic rings. The third-order valence-electron chi connectivity index (χ3n) is 5.17. The van der Waals surface area contributed by atoms with Crippen LogP contribution in [0.3, 0.4) is 0 Å². The SMILES string of the molecule is Cn1cc2c(c1C(=O)Nc1ccc(F)c(C#N)c1)CCC(c1ccccc1)NS2=N. The van der Waals surface area contributed by atoms with Crippen LogP contribution >= 0.6 is 0 Å². The highest BCUT2D eigenvalue weighted by Crippen LogP contribution is 2.31. The molecule has 2 unspecified atom stereocenters. The molecule has 0 saturated carbocycles. The van der Waals surface area contributed by atoms with Crippen molar-refractivity contribution in [3.8, 4) is 6.07 Å². The Morgan fingerprint density at radius 1 is 1.33 bits per heavy atom. The van der Waals surface area contributed by atoms with E-state index in [2.05, 4.69) is 10.0 Å². The number of aryl methyl sites for hydroxylation is 1. The van der Waals surface area contributed by atoms with Gasteiger partial charge >= 0.3 is 0 Å². The highest BCUT2D eigenvalue weighted by atomic mass is 32.2. The molecule has 1 amide bonds. The first-order chi connectivity index (χ1) is 14.5. The summed E-state index contributed by atoms with van der Waals surface area (Å²) in [7, 11) is 0.811. The maximum Gasteiger partial charge on any atom is 0.272 e. The lowest BCUT2D eigenvalue weighted by atomic mass is 9.99. The van der Waals surface area contributed by atoms with E-state index in [9.17, 15) is 9.18 Å². The number of nitrogens with zero attached hydrogens (tertiary/aromatic N) is 2. The van der Waals surface area contributed by atoms with Crippen molar-refractivity contribution in [2.24, 2.45) is 7.05 Å². The number of nitrogens with one attached hydrogen (secondary N) is 3. The van der Waals surface area contributed by atoms with Crippen LogP contribution in [-0.4, -0.2) is 10.5 Å². The number of anilines is 1. The van der Waals surface area contributed by atoms with E-state index < -0.39 is 16.7 Å². The molecule has 1 aromatic heterocycles. The van der Waals surface area contributed by atoms with Crippen LogP contribution in [-0.2, 0) is 24.3 Å². The van der Waals surface area contributed by atoms with Crippen molar-refractivity contribution in [1.29, 1.82) is 10.0 Å². The monoisotopic (exact) mass is 421 g/mol. The van der Waals surface area contributed by atoms with Gasteiger partial charge in [-0.25, -0.2) is 9.11 Å². The largest absolute Gasteiger partial charge is 0.345 e. The van der Waals surface area contributed by atoms with Crippen LogP contribution in [0.5, 0.6) is 0 Å². The molecule has 0 radical (unpaired) electrons. The Morgan fingerprint density at radius 3 is 2.83 bits per heavy atom. The Morgan fingerprint density at radius 2 is 2.10 bits per heavy atom. The smallest absolute Gasteiger partial charge is 0.272 e. The average Bonchev–Trinajstić information content (AvgIpc) is 3.00. The zero-order valence-corrected chi connectivity index (χ0v) is 17.1. The molecule has 0 saturated heterocycles. The summed E-state index contributed by atoms with van der Waals surface area (Å²) < 4.78 is 27.3. The van der Waals surface area contributed by atoms with Gasteiger partial charge in [0.25, 0.3) is 5.91 Å². The van der Waals surface area contributed by atoms with Gasteiger partial charge in [0, 0.05) is 25.0 Å². The van der Waals surface area contributed by atoms with Gasteiger partial charge < -0.3 is 9.88 Å². The lowest BCUT2D eigenvalue weighted by molar-refractivity contribution is 0.101. The highest BCUT2D eigenvalue weighted by Gasteiger charge is 2.27. The van der Waals surface area contributed by atoms with E-state index in [0.29, 0.717) is 17.8 Å². The summed E-state index contributed by atoms with van der Waals surface area (Å²) >= 11 is 0. The molecule has 8 heteroatoms. The molecule has 3 aromatic rings. The number of hydrogen-bond acceptors (Lipinski definition) is 3. The molecule has 1 aliphatic heterocycles. The normalized spacial score (nSPS) is 18.2. The minimum atomic E-state index is -0.967. The van der Waals surface area contributed by atoms with Crippen LogP contribution in [0.15, 0.2) is 59.6 Å². The first kappa shape index (κ1) is 20.0. The third kappa shape index (κ3) is 3.77. The second-order valence-corrected chi connectivity index (χ2v) is 8.41. The van der Waals surface area contributed by atoms with E-state index in [1.807, 2.05) is 36.5 Å². The Hall–Kier alpha value is -3.28. The molecule has 2 aromatic carbocycles. The van der Waals surface area contributed by atoms with Crippen molar-refractivity contribution in [2.45, 2.75) is 23.8 Å². The van der Waals surface area contributed by atoms with Crippen LogP contribution in [0.25, 0.3) is 0 Å². The first-order valence-corrected chi connectivity index (χ1v) is 10.7. The molecule has 2 heterocycles. The highest BCUT2D eigenvalue weighted by molar-refractivity contribution is 7.84. The van der Waals surface area contributed by atoms with Gasteiger partial charge in [0.15, 0.2) is 0 Å². The number of amides is 1. The van der Waals surface area contributed by atoms with Crippen LogP contribution in [0, 0.1) is 21.9 Å². The molecule has 0 spiro atoms. The Bertz CT molecular complexity index is 1180. The van der Waals surface area contributed by atoms with Crippen molar-refractivity contribution in [2.75, 3.05) is 5.32 Å². The summed E-state index contributed by atoms with van der Waals surface area (Å²) in [5.41, 5.74) is 2.68. The number of fused-ring (bicyclic) bond motifs is 1. The van der Waals surface area contributed by atoms with Crippen molar-refractivity contribution in [3.63, 3.8) is 0 Å². The molecule has 2 atom stereocenters. The summed E-state index contributed by atoms with van der Waals surface area (Å²) in [4.78, 5) is 13.8.